The van der Waals surface area contributed by atoms with Gasteiger partial charge in [0.05, 0.1) is 5.56 Å². The van der Waals surface area contributed by atoms with Crippen molar-refractivity contribution in [3.8, 4) is 11.1 Å². The smallest absolute Gasteiger partial charge is 0.253 e. The number of carbonyl (C=O) groups excluding carboxylic acids is 1. The lowest BCUT2D eigenvalue weighted by Gasteiger charge is -2.12. The summed E-state index contributed by atoms with van der Waals surface area (Å²) in [5, 5.41) is 3.92. The van der Waals surface area contributed by atoms with Crippen molar-refractivity contribution in [2.24, 2.45) is 5.92 Å². The summed E-state index contributed by atoms with van der Waals surface area (Å²) < 4.78 is 13.1. The summed E-state index contributed by atoms with van der Waals surface area (Å²) in [6.45, 7) is 5.02. The Morgan fingerprint density at radius 3 is 2.62 bits per heavy atom. The fraction of sp³-hybridized carbons (Fsp3) is 0.318. The molecule has 2 aromatic carbocycles. The van der Waals surface area contributed by atoms with Crippen LogP contribution in [0.4, 0.5) is 4.39 Å². The van der Waals surface area contributed by atoms with E-state index >= 15 is 0 Å². The van der Waals surface area contributed by atoms with Crippen molar-refractivity contribution >= 4 is 16.8 Å². The van der Waals surface area contributed by atoms with E-state index in [4.69, 9.17) is 0 Å². The zero-order valence-electron chi connectivity index (χ0n) is 15.3. The van der Waals surface area contributed by atoms with Gasteiger partial charge in [0.1, 0.15) is 5.82 Å². The Balaban J connectivity index is 1.79. The highest BCUT2D eigenvalue weighted by atomic mass is 19.1. The normalized spacial score (nSPS) is 12.3. The van der Waals surface area contributed by atoms with Gasteiger partial charge in [-0.2, -0.15) is 0 Å². The van der Waals surface area contributed by atoms with Gasteiger partial charge >= 0.3 is 0 Å². The first-order valence-electron chi connectivity index (χ1n) is 9.23. The molecule has 0 saturated carbocycles. The van der Waals surface area contributed by atoms with Crippen molar-refractivity contribution in [1.82, 2.24) is 10.3 Å². The molecule has 1 heterocycles. The third-order valence-electron chi connectivity index (χ3n) is 4.77. The van der Waals surface area contributed by atoms with Crippen LogP contribution in [0.15, 0.2) is 48.7 Å². The maximum Gasteiger partial charge on any atom is 0.253 e. The molecule has 1 aromatic heterocycles. The Hall–Kier alpha value is -2.62. The number of H-pyrrole nitrogens is 1. The molecule has 1 amide bonds. The predicted octanol–water partition coefficient (Wildman–Crippen LogP) is 5.53. The van der Waals surface area contributed by atoms with E-state index in [9.17, 15) is 9.18 Å². The van der Waals surface area contributed by atoms with E-state index < -0.39 is 0 Å². The number of aromatic amines is 1. The summed E-state index contributed by atoms with van der Waals surface area (Å²) in [6, 6.07) is 12.3. The van der Waals surface area contributed by atoms with E-state index in [1.54, 1.807) is 18.3 Å². The number of rotatable bonds is 7. The zero-order valence-corrected chi connectivity index (χ0v) is 15.3. The molecule has 0 spiro atoms. The van der Waals surface area contributed by atoms with Gasteiger partial charge in [-0.1, -0.05) is 44.9 Å². The van der Waals surface area contributed by atoms with Crippen LogP contribution in [-0.2, 0) is 0 Å². The van der Waals surface area contributed by atoms with E-state index in [0.717, 1.165) is 28.5 Å². The number of hydrogen-bond acceptors (Lipinski definition) is 1. The highest BCUT2D eigenvalue weighted by Crippen LogP contribution is 2.26. The van der Waals surface area contributed by atoms with Crippen LogP contribution in [0.2, 0.25) is 0 Å². The fourth-order valence-electron chi connectivity index (χ4n) is 3.15. The maximum atomic E-state index is 13.1. The van der Waals surface area contributed by atoms with Gasteiger partial charge < -0.3 is 10.3 Å². The average Bonchev–Trinajstić information content (AvgIpc) is 3.08. The fourth-order valence-corrected chi connectivity index (χ4v) is 3.15. The first-order chi connectivity index (χ1) is 12.6. The van der Waals surface area contributed by atoms with E-state index in [-0.39, 0.29) is 11.7 Å². The second-order valence-electron chi connectivity index (χ2n) is 6.93. The van der Waals surface area contributed by atoms with E-state index in [1.807, 2.05) is 18.2 Å². The average molecular weight is 352 g/mol. The minimum absolute atomic E-state index is 0.0594. The summed E-state index contributed by atoms with van der Waals surface area (Å²) >= 11 is 0. The molecular formula is C22H25FN2O. The van der Waals surface area contributed by atoms with Crippen LogP contribution < -0.4 is 5.32 Å². The van der Waals surface area contributed by atoms with Gasteiger partial charge in [-0.15, -0.1) is 0 Å². The molecule has 3 nitrogen and oxygen atoms in total. The number of halogens is 1. The Morgan fingerprint density at radius 1 is 1.15 bits per heavy atom. The summed E-state index contributed by atoms with van der Waals surface area (Å²) in [5.74, 6) is 0.156. The molecule has 136 valence electrons. The SMILES string of the molecule is CCCC[C@H](C)CNC(=O)c1c[nH]c2ccc(-c3ccc(F)cc3)cc12. The highest BCUT2D eigenvalue weighted by Gasteiger charge is 2.14. The molecule has 0 saturated heterocycles. The summed E-state index contributed by atoms with van der Waals surface area (Å²) in [4.78, 5) is 15.8. The quantitative estimate of drug-likeness (QED) is 0.577. The van der Waals surface area contributed by atoms with Crippen LogP contribution in [-0.4, -0.2) is 17.4 Å². The molecule has 2 N–H and O–H groups in total. The lowest BCUT2D eigenvalue weighted by atomic mass is 10.0. The third kappa shape index (κ3) is 4.13. The molecule has 0 bridgehead atoms. The van der Waals surface area contributed by atoms with Gasteiger partial charge in [0.15, 0.2) is 0 Å². The number of nitrogens with one attached hydrogen (secondary N) is 2. The number of hydrogen-bond donors (Lipinski definition) is 2. The van der Waals surface area contributed by atoms with Gasteiger partial charge in [0.2, 0.25) is 0 Å². The molecule has 1 atom stereocenters. The van der Waals surface area contributed by atoms with Crippen molar-refractivity contribution in [2.45, 2.75) is 33.1 Å². The summed E-state index contributed by atoms with van der Waals surface area (Å²) in [6.07, 6.45) is 5.24. The minimum atomic E-state index is -0.256. The number of fused-ring (bicyclic) bond motifs is 1. The van der Waals surface area contributed by atoms with Gasteiger partial charge in [0, 0.05) is 23.6 Å². The van der Waals surface area contributed by atoms with Crippen LogP contribution in [0, 0.1) is 11.7 Å². The summed E-state index contributed by atoms with van der Waals surface area (Å²) in [5.41, 5.74) is 3.45. The van der Waals surface area contributed by atoms with E-state index in [0.29, 0.717) is 18.0 Å². The first kappa shape index (κ1) is 18.2. The molecule has 0 aliphatic rings. The standard InChI is InChI=1S/C22H25FN2O/c1-3-4-5-15(2)13-25-22(26)20-14-24-21-11-8-17(12-19(20)21)16-6-9-18(23)10-7-16/h6-12,14-15,24H,3-5,13H2,1-2H3,(H,25,26)/t15-/m0/s1. The minimum Gasteiger partial charge on any atom is -0.360 e. The van der Waals surface area contributed by atoms with Crippen molar-refractivity contribution in [3.05, 3.63) is 60.0 Å². The molecule has 4 heteroatoms. The molecule has 0 aliphatic heterocycles. The van der Waals surface area contributed by atoms with Crippen LogP contribution in [0.1, 0.15) is 43.5 Å². The molecule has 3 aromatic rings. The largest absolute Gasteiger partial charge is 0.360 e. The molecule has 0 unspecified atom stereocenters. The van der Waals surface area contributed by atoms with Crippen LogP contribution in [0.5, 0.6) is 0 Å². The number of carbonyl (C=O) groups is 1. The van der Waals surface area contributed by atoms with Crippen molar-refractivity contribution in [2.75, 3.05) is 6.54 Å². The van der Waals surface area contributed by atoms with Crippen LogP contribution >= 0.6 is 0 Å². The number of aromatic nitrogens is 1. The van der Waals surface area contributed by atoms with Gasteiger partial charge in [-0.3, -0.25) is 4.79 Å². The second-order valence-corrected chi connectivity index (χ2v) is 6.93. The second kappa shape index (κ2) is 8.17. The van der Waals surface area contributed by atoms with Crippen molar-refractivity contribution < 1.29 is 9.18 Å². The van der Waals surface area contributed by atoms with Crippen molar-refractivity contribution in [3.63, 3.8) is 0 Å². The van der Waals surface area contributed by atoms with Gasteiger partial charge in [-0.05, 0) is 47.7 Å². The van der Waals surface area contributed by atoms with Crippen molar-refractivity contribution in [1.29, 1.82) is 0 Å². The molecule has 26 heavy (non-hydrogen) atoms. The first-order valence-corrected chi connectivity index (χ1v) is 9.23. The Morgan fingerprint density at radius 2 is 1.88 bits per heavy atom. The van der Waals surface area contributed by atoms with Crippen LogP contribution in [0.25, 0.3) is 22.0 Å². The monoisotopic (exact) mass is 352 g/mol. The number of benzene rings is 2. The highest BCUT2D eigenvalue weighted by molar-refractivity contribution is 6.07. The van der Waals surface area contributed by atoms with E-state index in [1.165, 1.54) is 25.0 Å². The Kier molecular flexibility index (Phi) is 5.71. The Labute approximate surface area is 153 Å². The maximum absolute atomic E-state index is 13.1. The number of amides is 1. The zero-order chi connectivity index (χ0) is 18.5. The Bertz CT molecular complexity index is 883. The number of unbranched alkanes of at least 4 members (excludes halogenated alkanes) is 1. The van der Waals surface area contributed by atoms with Crippen LogP contribution in [0.3, 0.4) is 0 Å². The lowest BCUT2D eigenvalue weighted by Crippen LogP contribution is -2.28. The molecular weight excluding hydrogens is 327 g/mol. The predicted molar refractivity (Wildman–Crippen MR) is 105 cm³/mol. The third-order valence-corrected chi connectivity index (χ3v) is 4.77. The van der Waals surface area contributed by atoms with Gasteiger partial charge in [0.25, 0.3) is 5.91 Å². The van der Waals surface area contributed by atoms with Gasteiger partial charge in [-0.25, -0.2) is 4.39 Å². The topological polar surface area (TPSA) is 44.9 Å². The lowest BCUT2D eigenvalue weighted by molar-refractivity contribution is 0.0949. The molecule has 3 rings (SSSR count). The summed E-state index contributed by atoms with van der Waals surface area (Å²) in [7, 11) is 0. The molecule has 0 fully saturated rings. The molecule has 0 radical (unpaired) electrons. The van der Waals surface area contributed by atoms with E-state index in [2.05, 4.69) is 24.1 Å². The molecule has 0 aliphatic carbocycles.